The van der Waals surface area contributed by atoms with Crippen LogP contribution in [0, 0.1) is 6.92 Å². The Morgan fingerprint density at radius 1 is 1.38 bits per heavy atom. The molecule has 0 aromatic carbocycles. The van der Waals surface area contributed by atoms with Gasteiger partial charge < -0.3 is 5.32 Å². The zero-order valence-corrected chi connectivity index (χ0v) is 10.2. The van der Waals surface area contributed by atoms with Gasteiger partial charge in [-0.2, -0.15) is 0 Å². The van der Waals surface area contributed by atoms with Gasteiger partial charge >= 0.3 is 0 Å². The first-order valence-electron chi connectivity index (χ1n) is 6.19. The van der Waals surface area contributed by atoms with Gasteiger partial charge in [-0.1, -0.05) is 13.0 Å². The van der Waals surface area contributed by atoms with E-state index in [2.05, 4.69) is 47.2 Å². The Kier molecular flexibility index (Phi) is 3.91. The minimum atomic E-state index is 0.488. The first-order chi connectivity index (χ1) is 7.81. The second-order valence-corrected chi connectivity index (χ2v) is 4.41. The molecule has 0 radical (unpaired) electrons. The van der Waals surface area contributed by atoms with Crippen LogP contribution >= 0.6 is 0 Å². The van der Waals surface area contributed by atoms with Crippen LogP contribution in [0.5, 0.6) is 0 Å². The molecule has 1 aliphatic heterocycles. The molecule has 0 spiro atoms. The van der Waals surface area contributed by atoms with E-state index in [-0.39, 0.29) is 0 Å². The van der Waals surface area contributed by atoms with Crippen LogP contribution in [-0.4, -0.2) is 36.1 Å². The number of aryl methyl sites for hydroxylation is 1. The van der Waals surface area contributed by atoms with E-state index in [9.17, 15) is 0 Å². The Balaban J connectivity index is 2.14. The van der Waals surface area contributed by atoms with Crippen molar-refractivity contribution < 1.29 is 0 Å². The fourth-order valence-electron chi connectivity index (χ4n) is 2.40. The predicted molar refractivity (Wildman–Crippen MR) is 66.4 cm³/mol. The lowest BCUT2D eigenvalue weighted by molar-refractivity contribution is 0.166. The summed E-state index contributed by atoms with van der Waals surface area (Å²) in [6.45, 7) is 8.78. The number of hydrogen-bond donors (Lipinski definition) is 1. The summed E-state index contributed by atoms with van der Waals surface area (Å²) >= 11 is 0. The van der Waals surface area contributed by atoms with Crippen LogP contribution in [0.2, 0.25) is 0 Å². The lowest BCUT2D eigenvalue weighted by atomic mass is 10.1. The minimum Gasteiger partial charge on any atom is -0.314 e. The molecular weight excluding hydrogens is 198 g/mol. The number of pyridine rings is 1. The maximum Gasteiger partial charge on any atom is 0.0578 e. The van der Waals surface area contributed by atoms with Gasteiger partial charge in [-0.05, 0) is 25.5 Å². The molecule has 1 fully saturated rings. The van der Waals surface area contributed by atoms with E-state index < -0.39 is 0 Å². The van der Waals surface area contributed by atoms with Crippen molar-refractivity contribution in [2.24, 2.45) is 0 Å². The molecule has 3 nitrogen and oxygen atoms in total. The monoisotopic (exact) mass is 219 g/mol. The SMILES string of the molecule is CC[C@H](c1cccc(C)n1)N1CCNCC1. The highest BCUT2D eigenvalue weighted by Crippen LogP contribution is 2.22. The van der Waals surface area contributed by atoms with Crippen molar-refractivity contribution >= 4 is 0 Å². The molecule has 1 aliphatic rings. The number of nitrogens with zero attached hydrogens (tertiary/aromatic N) is 2. The number of aromatic nitrogens is 1. The van der Waals surface area contributed by atoms with Crippen molar-refractivity contribution in [3.63, 3.8) is 0 Å². The molecule has 88 valence electrons. The van der Waals surface area contributed by atoms with Crippen molar-refractivity contribution in [2.75, 3.05) is 26.2 Å². The van der Waals surface area contributed by atoms with Gasteiger partial charge in [-0.15, -0.1) is 0 Å². The predicted octanol–water partition coefficient (Wildman–Crippen LogP) is 1.75. The average molecular weight is 219 g/mol. The Morgan fingerprint density at radius 3 is 2.75 bits per heavy atom. The largest absolute Gasteiger partial charge is 0.314 e. The first kappa shape index (κ1) is 11.6. The maximum absolute atomic E-state index is 4.66. The summed E-state index contributed by atoms with van der Waals surface area (Å²) in [7, 11) is 0. The van der Waals surface area contributed by atoms with Gasteiger partial charge in [0.1, 0.15) is 0 Å². The van der Waals surface area contributed by atoms with E-state index >= 15 is 0 Å². The topological polar surface area (TPSA) is 28.2 Å². The molecule has 0 unspecified atom stereocenters. The van der Waals surface area contributed by atoms with Crippen LogP contribution < -0.4 is 5.32 Å². The van der Waals surface area contributed by atoms with Gasteiger partial charge in [0.05, 0.1) is 11.7 Å². The summed E-state index contributed by atoms with van der Waals surface area (Å²) < 4.78 is 0. The molecule has 1 aromatic heterocycles. The third kappa shape index (κ3) is 2.60. The van der Waals surface area contributed by atoms with Crippen LogP contribution in [0.1, 0.15) is 30.8 Å². The molecule has 2 heterocycles. The van der Waals surface area contributed by atoms with Crippen molar-refractivity contribution in [1.29, 1.82) is 0 Å². The van der Waals surface area contributed by atoms with E-state index in [0.717, 1.165) is 38.3 Å². The summed E-state index contributed by atoms with van der Waals surface area (Å²) in [6.07, 6.45) is 1.14. The van der Waals surface area contributed by atoms with Gasteiger partial charge in [-0.25, -0.2) is 0 Å². The molecule has 0 bridgehead atoms. The highest BCUT2D eigenvalue weighted by atomic mass is 15.2. The normalized spacial score (nSPS) is 19.6. The van der Waals surface area contributed by atoms with Gasteiger partial charge in [-0.3, -0.25) is 9.88 Å². The number of nitrogens with one attached hydrogen (secondary N) is 1. The molecule has 2 rings (SSSR count). The van der Waals surface area contributed by atoms with Gasteiger partial charge in [0, 0.05) is 31.9 Å². The summed E-state index contributed by atoms with van der Waals surface area (Å²) in [5.74, 6) is 0. The summed E-state index contributed by atoms with van der Waals surface area (Å²) in [5, 5.41) is 3.39. The Bertz CT molecular complexity index is 332. The standard InChI is InChI=1S/C13H21N3/c1-3-13(16-9-7-14-8-10-16)12-6-4-5-11(2)15-12/h4-6,13-14H,3,7-10H2,1-2H3/t13-/m1/s1. The smallest absolute Gasteiger partial charge is 0.0578 e. The minimum absolute atomic E-state index is 0.488. The van der Waals surface area contributed by atoms with Crippen LogP contribution in [-0.2, 0) is 0 Å². The molecule has 0 aliphatic carbocycles. The second kappa shape index (κ2) is 5.41. The van der Waals surface area contributed by atoms with Gasteiger partial charge in [0.2, 0.25) is 0 Å². The number of piperazine rings is 1. The fraction of sp³-hybridized carbons (Fsp3) is 0.615. The van der Waals surface area contributed by atoms with Gasteiger partial charge in [0.15, 0.2) is 0 Å². The maximum atomic E-state index is 4.66. The van der Waals surface area contributed by atoms with Crippen LogP contribution in [0.4, 0.5) is 0 Å². The Labute approximate surface area is 97.9 Å². The van der Waals surface area contributed by atoms with Crippen LogP contribution in [0.15, 0.2) is 18.2 Å². The Morgan fingerprint density at radius 2 is 2.12 bits per heavy atom. The molecule has 1 saturated heterocycles. The third-order valence-corrected chi connectivity index (χ3v) is 3.23. The zero-order valence-electron chi connectivity index (χ0n) is 10.2. The molecule has 0 saturated carbocycles. The lowest BCUT2D eigenvalue weighted by Crippen LogP contribution is -2.45. The summed E-state index contributed by atoms with van der Waals surface area (Å²) in [5.41, 5.74) is 2.34. The molecule has 1 N–H and O–H groups in total. The van der Waals surface area contributed by atoms with E-state index in [4.69, 9.17) is 0 Å². The van der Waals surface area contributed by atoms with Crippen molar-refractivity contribution in [1.82, 2.24) is 15.2 Å². The van der Waals surface area contributed by atoms with Crippen molar-refractivity contribution in [3.8, 4) is 0 Å². The summed E-state index contributed by atoms with van der Waals surface area (Å²) in [4.78, 5) is 7.20. The molecule has 0 amide bonds. The van der Waals surface area contributed by atoms with E-state index in [1.807, 2.05) is 0 Å². The summed E-state index contributed by atoms with van der Waals surface area (Å²) in [6, 6.07) is 6.82. The molecule has 16 heavy (non-hydrogen) atoms. The van der Waals surface area contributed by atoms with Crippen molar-refractivity contribution in [3.05, 3.63) is 29.6 Å². The molecule has 1 aromatic rings. The number of hydrogen-bond acceptors (Lipinski definition) is 3. The number of rotatable bonds is 3. The third-order valence-electron chi connectivity index (χ3n) is 3.23. The molecule has 3 heteroatoms. The molecular formula is C13H21N3. The average Bonchev–Trinajstić information content (AvgIpc) is 2.31. The van der Waals surface area contributed by atoms with Crippen LogP contribution in [0.3, 0.4) is 0 Å². The zero-order chi connectivity index (χ0) is 11.4. The highest BCUT2D eigenvalue weighted by molar-refractivity contribution is 5.13. The van der Waals surface area contributed by atoms with Crippen LogP contribution in [0.25, 0.3) is 0 Å². The van der Waals surface area contributed by atoms with Gasteiger partial charge in [0.25, 0.3) is 0 Å². The quantitative estimate of drug-likeness (QED) is 0.839. The molecule has 1 atom stereocenters. The van der Waals surface area contributed by atoms with Crippen molar-refractivity contribution in [2.45, 2.75) is 26.3 Å². The first-order valence-corrected chi connectivity index (χ1v) is 6.19. The highest BCUT2D eigenvalue weighted by Gasteiger charge is 2.21. The lowest BCUT2D eigenvalue weighted by Gasteiger charge is -2.34. The van der Waals surface area contributed by atoms with E-state index in [1.54, 1.807) is 0 Å². The Hall–Kier alpha value is -0.930. The van der Waals surface area contributed by atoms with E-state index in [0.29, 0.717) is 6.04 Å². The fourth-order valence-corrected chi connectivity index (χ4v) is 2.40. The van der Waals surface area contributed by atoms with E-state index in [1.165, 1.54) is 5.69 Å². The second-order valence-electron chi connectivity index (χ2n) is 4.41.